The summed E-state index contributed by atoms with van der Waals surface area (Å²) in [6.45, 7) is 6.31. The Bertz CT molecular complexity index is 351. The van der Waals surface area contributed by atoms with Crippen LogP contribution in [-0.2, 0) is 4.74 Å². The van der Waals surface area contributed by atoms with Crippen molar-refractivity contribution < 1.29 is 19.0 Å². The maximum Gasteiger partial charge on any atom is 0.125 e. The Balaban J connectivity index is 2.58. The highest BCUT2D eigenvalue weighted by atomic mass is 19.1. The zero-order valence-electron chi connectivity index (χ0n) is 10.4. The summed E-state index contributed by atoms with van der Waals surface area (Å²) >= 11 is 0. The average Bonchev–Trinajstić information content (AvgIpc) is 2.25. The molecule has 0 heterocycles. The molecule has 0 aliphatic heterocycles. The summed E-state index contributed by atoms with van der Waals surface area (Å²) in [6, 6.07) is 4.11. The lowest BCUT2D eigenvalue weighted by Gasteiger charge is -2.14. The van der Waals surface area contributed by atoms with Crippen LogP contribution < -0.4 is 4.74 Å². The summed E-state index contributed by atoms with van der Waals surface area (Å²) in [5.74, 6) is 0.112. The van der Waals surface area contributed by atoms with Gasteiger partial charge in [0.15, 0.2) is 0 Å². The molecule has 0 bridgehead atoms. The zero-order valence-corrected chi connectivity index (χ0v) is 10.4. The molecule has 4 heteroatoms. The van der Waals surface area contributed by atoms with Gasteiger partial charge in [0.25, 0.3) is 0 Å². The van der Waals surface area contributed by atoms with Crippen molar-refractivity contribution in [3.05, 3.63) is 29.6 Å². The number of hydrogen-bond acceptors (Lipinski definition) is 3. The van der Waals surface area contributed by atoms with E-state index in [0.29, 0.717) is 24.5 Å². The first-order valence-corrected chi connectivity index (χ1v) is 5.72. The first-order valence-electron chi connectivity index (χ1n) is 5.72. The van der Waals surface area contributed by atoms with Crippen LogP contribution in [0.15, 0.2) is 18.2 Å². The van der Waals surface area contributed by atoms with Gasteiger partial charge in [0.1, 0.15) is 18.2 Å². The number of rotatable bonds is 6. The van der Waals surface area contributed by atoms with Crippen LogP contribution in [0.5, 0.6) is 5.75 Å². The minimum Gasteiger partial charge on any atom is -0.491 e. The summed E-state index contributed by atoms with van der Waals surface area (Å²) < 4.78 is 23.8. The third kappa shape index (κ3) is 4.71. The van der Waals surface area contributed by atoms with Gasteiger partial charge in [-0.25, -0.2) is 4.39 Å². The van der Waals surface area contributed by atoms with Crippen LogP contribution in [0.25, 0.3) is 0 Å². The predicted molar refractivity (Wildman–Crippen MR) is 63.6 cm³/mol. The van der Waals surface area contributed by atoms with Crippen LogP contribution in [0.2, 0.25) is 0 Å². The number of ether oxygens (including phenoxy) is 2. The number of hydrogen-bond donors (Lipinski definition) is 1. The standard InChI is InChI=1S/C13H19FO3/c1-9(2)16-6-7-17-13-5-4-11(14)8-12(13)10(3)15/h4-5,8-10,15H,6-7H2,1-3H3/t10-/m1/s1. The summed E-state index contributed by atoms with van der Waals surface area (Å²) in [5, 5.41) is 9.50. The molecule has 1 N–H and O–H groups in total. The van der Waals surface area contributed by atoms with Crippen LogP contribution in [0.1, 0.15) is 32.4 Å². The molecule has 1 aromatic carbocycles. The van der Waals surface area contributed by atoms with Gasteiger partial charge >= 0.3 is 0 Å². The van der Waals surface area contributed by atoms with E-state index in [1.54, 1.807) is 6.92 Å². The molecule has 0 spiro atoms. The second-order valence-corrected chi connectivity index (χ2v) is 4.13. The van der Waals surface area contributed by atoms with E-state index in [4.69, 9.17) is 9.47 Å². The Morgan fingerprint density at radius 2 is 1.94 bits per heavy atom. The summed E-state index contributed by atoms with van der Waals surface area (Å²) in [7, 11) is 0. The Hall–Kier alpha value is -1.13. The van der Waals surface area contributed by atoms with Crippen LogP contribution in [0, 0.1) is 5.82 Å². The molecule has 1 aromatic rings. The first kappa shape index (κ1) is 13.9. The maximum atomic E-state index is 13.0. The van der Waals surface area contributed by atoms with Gasteiger partial charge in [-0.3, -0.25) is 0 Å². The Kier molecular flexibility index (Phi) is 5.38. The van der Waals surface area contributed by atoms with Gasteiger partial charge < -0.3 is 14.6 Å². The largest absolute Gasteiger partial charge is 0.491 e. The number of benzene rings is 1. The lowest BCUT2D eigenvalue weighted by atomic mass is 10.1. The first-order chi connectivity index (χ1) is 8.00. The SMILES string of the molecule is CC(C)OCCOc1ccc(F)cc1[C@@H](C)O. The number of aliphatic hydroxyl groups is 1. The van der Waals surface area contributed by atoms with E-state index in [0.717, 1.165) is 0 Å². The van der Waals surface area contributed by atoms with Gasteiger partial charge in [-0.1, -0.05) is 0 Å². The minimum absolute atomic E-state index is 0.156. The van der Waals surface area contributed by atoms with Gasteiger partial charge in [-0.05, 0) is 39.0 Å². The molecule has 17 heavy (non-hydrogen) atoms. The van der Waals surface area contributed by atoms with Crippen molar-refractivity contribution in [2.24, 2.45) is 0 Å². The van der Waals surface area contributed by atoms with E-state index in [2.05, 4.69) is 0 Å². The van der Waals surface area contributed by atoms with Crippen molar-refractivity contribution in [2.75, 3.05) is 13.2 Å². The molecular formula is C13H19FO3. The van der Waals surface area contributed by atoms with Gasteiger partial charge in [0, 0.05) is 5.56 Å². The van der Waals surface area contributed by atoms with E-state index in [9.17, 15) is 9.50 Å². The van der Waals surface area contributed by atoms with Crippen molar-refractivity contribution in [1.82, 2.24) is 0 Å². The highest BCUT2D eigenvalue weighted by Gasteiger charge is 2.10. The molecule has 0 fully saturated rings. The second kappa shape index (κ2) is 6.57. The summed E-state index contributed by atoms with van der Waals surface area (Å²) in [5.41, 5.74) is 0.453. The third-order valence-corrected chi connectivity index (χ3v) is 2.21. The van der Waals surface area contributed by atoms with Gasteiger partial charge in [-0.2, -0.15) is 0 Å². The van der Waals surface area contributed by atoms with Gasteiger partial charge in [0.05, 0.1) is 18.8 Å². The van der Waals surface area contributed by atoms with Crippen LogP contribution >= 0.6 is 0 Å². The lowest BCUT2D eigenvalue weighted by molar-refractivity contribution is 0.0543. The summed E-state index contributed by atoms with van der Waals surface area (Å²) in [6.07, 6.45) is -0.602. The fraction of sp³-hybridized carbons (Fsp3) is 0.538. The number of aliphatic hydroxyl groups excluding tert-OH is 1. The van der Waals surface area contributed by atoms with Crippen LogP contribution in [0.4, 0.5) is 4.39 Å². The van der Waals surface area contributed by atoms with E-state index in [-0.39, 0.29) is 11.9 Å². The zero-order chi connectivity index (χ0) is 12.8. The molecular weight excluding hydrogens is 223 g/mol. The second-order valence-electron chi connectivity index (χ2n) is 4.13. The average molecular weight is 242 g/mol. The minimum atomic E-state index is -0.758. The molecule has 1 rings (SSSR count). The molecule has 0 radical (unpaired) electrons. The molecule has 0 unspecified atom stereocenters. The van der Waals surface area contributed by atoms with Gasteiger partial charge in [0.2, 0.25) is 0 Å². The van der Waals surface area contributed by atoms with E-state index in [1.165, 1.54) is 18.2 Å². The normalized spacial score (nSPS) is 12.8. The summed E-state index contributed by atoms with van der Waals surface area (Å²) in [4.78, 5) is 0. The van der Waals surface area contributed by atoms with E-state index >= 15 is 0 Å². The highest BCUT2D eigenvalue weighted by Crippen LogP contribution is 2.25. The number of halogens is 1. The molecule has 0 saturated heterocycles. The smallest absolute Gasteiger partial charge is 0.125 e. The molecule has 0 aromatic heterocycles. The molecule has 3 nitrogen and oxygen atoms in total. The third-order valence-electron chi connectivity index (χ3n) is 2.21. The predicted octanol–water partition coefficient (Wildman–Crippen LogP) is 2.68. The van der Waals surface area contributed by atoms with Crippen LogP contribution in [0.3, 0.4) is 0 Å². The van der Waals surface area contributed by atoms with Crippen molar-refractivity contribution in [1.29, 1.82) is 0 Å². The Labute approximate surface area is 101 Å². The fourth-order valence-electron chi connectivity index (χ4n) is 1.41. The highest BCUT2D eigenvalue weighted by molar-refractivity contribution is 5.35. The van der Waals surface area contributed by atoms with Crippen LogP contribution in [-0.4, -0.2) is 24.4 Å². The lowest BCUT2D eigenvalue weighted by Crippen LogP contribution is -2.12. The van der Waals surface area contributed by atoms with E-state index in [1.807, 2.05) is 13.8 Å². The van der Waals surface area contributed by atoms with Crippen molar-refractivity contribution in [3.8, 4) is 5.75 Å². The molecule has 0 aliphatic rings. The van der Waals surface area contributed by atoms with Gasteiger partial charge in [-0.15, -0.1) is 0 Å². The molecule has 96 valence electrons. The Morgan fingerprint density at radius 3 is 2.53 bits per heavy atom. The van der Waals surface area contributed by atoms with Crippen molar-refractivity contribution >= 4 is 0 Å². The Morgan fingerprint density at radius 1 is 1.24 bits per heavy atom. The van der Waals surface area contributed by atoms with Crippen molar-refractivity contribution in [3.63, 3.8) is 0 Å². The van der Waals surface area contributed by atoms with E-state index < -0.39 is 6.10 Å². The molecule has 0 aliphatic carbocycles. The fourth-order valence-corrected chi connectivity index (χ4v) is 1.41. The molecule has 0 amide bonds. The topological polar surface area (TPSA) is 38.7 Å². The quantitative estimate of drug-likeness (QED) is 0.779. The van der Waals surface area contributed by atoms with Crippen molar-refractivity contribution in [2.45, 2.75) is 33.0 Å². The maximum absolute atomic E-state index is 13.0. The molecule has 0 saturated carbocycles. The molecule has 1 atom stereocenters. The monoisotopic (exact) mass is 242 g/mol.